The molecule has 1 aliphatic carbocycles. The van der Waals surface area contributed by atoms with E-state index >= 15 is 0 Å². The highest BCUT2D eigenvalue weighted by Crippen LogP contribution is 2.36. The van der Waals surface area contributed by atoms with Gasteiger partial charge in [-0.25, -0.2) is 5.84 Å². The van der Waals surface area contributed by atoms with Crippen LogP contribution < -0.4 is 11.3 Å². The van der Waals surface area contributed by atoms with Crippen molar-refractivity contribution in [3.05, 3.63) is 29.6 Å². The molecule has 1 aromatic rings. The van der Waals surface area contributed by atoms with E-state index in [1.54, 1.807) is 12.1 Å². The molecule has 2 rings (SSSR count). The van der Waals surface area contributed by atoms with Gasteiger partial charge in [-0.2, -0.15) is 0 Å². The number of hydrogen-bond acceptors (Lipinski definition) is 4. The van der Waals surface area contributed by atoms with Gasteiger partial charge in [0.05, 0.1) is 24.0 Å². The molecule has 0 bridgehead atoms. The van der Waals surface area contributed by atoms with Crippen LogP contribution in [0.25, 0.3) is 0 Å². The van der Waals surface area contributed by atoms with E-state index in [1.165, 1.54) is 19.0 Å². The summed E-state index contributed by atoms with van der Waals surface area (Å²) in [5.74, 6) is 4.73. The average Bonchev–Trinajstić information content (AvgIpc) is 2.46. The van der Waals surface area contributed by atoms with E-state index in [0.717, 1.165) is 18.5 Å². The maximum atomic E-state index is 11.3. The number of hydrazine groups is 1. The Kier molecular flexibility index (Phi) is 4.73. The number of nitrogen functional groups attached to an aromatic ring is 1. The Morgan fingerprint density at radius 3 is 2.70 bits per heavy atom. The van der Waals surface area contributed by atoms with Crippen molar-refractivity contribution in [2.24, 2.45) is 11.3 Å². The fourth-order valence-corrected chi connectivity index (χ4v) is 2.47. The van der Waals surface area contributed by atoms with Crippen LogP contribution in [0.2, 0.25) is 0 Å². The Morgan fingerprint density at radius 1 is 1.45 bits per heavy atom. The molecule has 1 aromatic heterocycles. The van der Waals surface area contributed by atoms with Gasteiger partial charge in [-0.3, -0.25) is 15.2 Å². The van der Waals surface area contributed by atoms with E-state index in [0.29, 0.717) is 23.7 Å². The lowest BCUT2D eigenvalue weighted by atomic mass is 9.76. The number of nitrogens with one attached hydrogen (secondary N) is 1. The van der Waals surface area contributed by atoms with Crippen LogP contribution >= 0.6 is 0 Å². The van der Waals surface area contributed by atoms with Gasteiger partial charge in [0.2, 0.25) is 0 Å². The van der Waals surface area contributed by atoms with Crippen LogP contribution in [-0.2, 0) is 11.3 Å². The molecule has 1 amide bonds. The van der Waals surface area contributed by atoms with E-state index in [9.17, 15) is 4.79 Å². The van der Waals surface area contributed by atoms with Crippen molar-refractivity contribution in [3.63, 3.8) is 0 Å². The van der Waals surface area contributed by atoms with Gasteiger partial charge in [-0.15, -0.1) is 0 Å². The highest BCUT2D eigenvalue weighted by molar-refractivity contribution is 5.93. The van der Waals surface area contributed by atoms with Crippen molar-refractivity contribution in [1.29, 1.82) is 0 Å². The second-order valence-corrected chi connectivity index (χ2v) is 6.19. The summed E-state index contributed by atoms with van der Waals surface area (Å²) in [6.07, 6.45) is 6.49. The highest BCUT2D eigenvalue weighted by atomic mass is 16.5. The van der Waals surface area contributed by atoms with Crippen LogP contribution in [0.1, 0.15) is 55.6 Å². The van der Waals surface area contributed by atoms with Gasteiger partial charge in [0.1, 0.15) is 0 Å². The van der Waals surface area contributed by atoms with Crippen LogP contribution in [0, 0.1) is 5.41 Å². The second kappa shape index (κ2) is 6.33. The van der Waals surface area contributed by atoms with Crippen LogP contribution in [0.15, 0.2) is 18.3 Å². The molecule has 5 nitrogen and oxygen atoms in total. The monoisotopic (exact) mass is 277 g/mol. The molecule has 1 fully saturated rings. The number of nitrogens with zero attached hydrogens (tertiary/aromatic N) is 1. The SMILES string of the molecule is CC1(C)CCC(OCc2ccc(C(=O)NN)cn2)CC1. The predicted octanol–water partition coefficient (Wildman–Crippen LogP) is 2.17. The van der Waals surface area contributed by atoms with Gasteiger partial charge in [0, 0.05) is 6.20 Å². The Balaban J connectivity index is 1.81. The molecule has 1 aliphatic rings. The minimum Gasteiger partial charge on any atom is -0.372 e. The normalized spacial score (nSPS) is 18.8. The third kappa shape index (κ3) is 4.02. The van der Waals surface area contributed by atoms with Crippen LogP contribution in [0.3, 0.4) is 0 Å². The first-order valence-electron chi connectivity index (χ1n) is 7.08. The van der Waals surface area contributed by atoms with Crippen molar-refractivity contribution in [2.75, 3.05) is 0 Å². The summed E-state index contributed by atoms with van der Waals surface area (Å²) in [7, 11) is 0. The molecular formula is C15H23N3O2. The molecule has 0 spiro atoms. The number of carbonyl (C=O) groups excluding carboxylic acids is 1. The lowest BCUT2D eigenvalue weighted by Gasteiger charge is -2.34. The van der Waals surface area contributed by atoms with Crippen molar-refractivity contribution in [1.82, 2.24) is 10.4 Å². The van der Waals surface area contributed by atoms with Gasteiger partial charge >= 0.3 is 0 Å². The van der Waals surface area contributed by atoms with E-state index in [-0.39, 0.29) is 5.91 Å². The minimum absolute atomic E-state index is 0.330. The number of nitrogens with two attached hydrogens (primary N) is 1. The number of ether oxygens (including phenoxy) is 1. The van der Waals surface area contributed by atoms with Crippen LogP contribution in [0.5, 0.6) is 0 Å². The maximum Gasteiger partial charge on any atom is 0.266 e. The number of pyridine rings is 1. The first-order chi connectivity index (χ1) is 9.50. The summed E-state index contributed by atoms with van der Waals surface area (Å²) >= 11 is 0. The number of carbonyl (C=O) groups is 1. The third-order valence-electron chi connectivity index (χ3n) is 3.97. The standard InChI is InChI=1S/C15H23N3O2/c1-15(2)7-5-13(6-8-15)20-10-12-4-3-11(9-17-12)14(19)18-16/h3-4,9,13H,5-8,10,16H2,1-2H3,(H,18,19). The third-order valence-corrected chi connectivity index (χ3v) is 3.97. The zero-order valence-corrected chi connectivity index (χ0v) is 12.2. The van der Waals surface area contributed by atoms with E-state index in [1.807, 2.05) is 0 Å². The summed E-state index contributed by atoms with van der Waals surface area (Å²) in [5.41, 5.74) is 3.83. The Morgan fingerprint density at radius 2 is 2.15 bits per heavy atom. The average molecular weight is 277 g/mol. The zero-order valence-electron chi connectivity index (χ0n) is 12.2. The lowest BCUT2D eigenvalue weighted by molar-refractivity contribution is -0.00688. The Hall–Kier alpha value is -1.46. The molecule has 0 atom stereocenters. The Labute approximate surface area is 119 Å². The van der Waals surface area contributed by atoms with Crippen LogP contribution in [0.4, 0.5) is 0 Å². The summed E-state index contributed by atoms with van der Waals surface area (Å²) in [5, 5.41) is 0. The molecular weight excluding hydrogens is 254 g/mol. The van der Waals surface area contributed by atoms with E-state index in [4.69, 9.17) is 10.6 Å². The maximum absolute atomic E-state index is 11.3. The van der Waals surface area contributed by atoms with Crippen LogP contribution in [-0.4, -0.2) is 17.0 Å². The molecule has 110 valence electrons. The van der Waals surface area contributed by atoms with E-state index in [2.05, 4.69) is 24.3 Å². The summed E-state index contributed by atoms with van der Waals surface area (Å²) in [6, 6.07) is 3.51. The fourth-order valence-electron chi connectivity index (χ4n) is 2.47. The summed E-state index contributed by atoms with van der Waals surface area (Å²) < 4.78 is 5.90. The number of amides is 1. The van der Waals surface area contributed by atoms with Gasteiger partial charge in [0.15, 0.2) is 0 Å². The van der Waals surface area contributed by atoms with Crippen molar-refractivity contribution < 1.29 is 9.53 Å². The molecule has 1 saturated carbocycles. The molecule has 0 radical (unpaired) electrons. The quantitative estimate of drug-likeness (QED) is 0.502. The summed E-state index contributed by atoms with van der Waals surface area (Å²) in [6.45, 7) is 5.12. The number of rotatable bonds is 4. The minimum atomic E-state index is -0.334. The molecule has 0 saturated heterocycles. The zero-order chi connectivity index (χ0) is 14.6. The first kappa shape index (κ1) is 14.9. The van der Waals surface area contributed by atoms with Crippen molar-refractivity contribution in [2.45, 2.75) is 52.2 Å². The molecule has 5 heteroatoms. The summed E-state index contributed by atoms with van der Waals surface area (Å²) in [4.78, 5) is 15.5. The van der Waals surface area contributed by atoms with E-state index < -0.39 is 0 Å². The molecule has 20 heavy (non-hydrogen) atoms. The molecule has 0 aromatic carbocycles. The van der Waals surface area contributed by atoms with Crippen molar-refractivity contribution in [3.8, 4) is 0 Å². The van der Waals surface area contributed by atoms with Gasteiger partial charge in [-0.1, -0.05) is 13.8 Å². The van der Waals surface area contributed by atoms with Crippen molar-refractivity contribution >= 4 is 5.91 Å². The van der Waals surface area contributed by atoms with Gasteiger partial charge in [0.25, 0.3) is 5.91 Å². The molecule has 3 N–H and O–H groups in total. The van der Waals surface area contributed by atoms with Gasteiger partial charge < -0.3 is 4.74 Å². The second-order valence-electron chi connectivity index (χ2n) is 6.19. The molecule has 1 heterocycles. The topological polar surface area (TPSA) is 77.2 Å². The molecule has 0 aliphatic heterocycles. The Bertz CT molecular complexity index is 447. The molecule has 0 unspecified atom stereocenters. The highest BCUT2D eigenvalue weighted by Gasteiger charge is 2.27. The lowest BCUT2D eigenvalue weighted by Crippen LogP contribution is -2.30. The number of hydrogen-bond donors (Lipinski definition) is 2. The predicted molar refractivity (Wildman–Crippen MR) is 76.7 cm³/mol. The van der Waals surface area contributed by atoms with Gasteiger partial charge in [-0.05, 0) is 43.2 Å². The number of aromatic nitrogens is 1. The smallest absolute Gasteiger partial charge is 0.266 e. The first-order valence-corrected chi connectivity index (χ1v) is 7.08. The fraction of sp³-hybridized carbons (Fsp3) is 0.600. The largest absolute Gasteiger partial charge is 0.372 e.